The number of aryl methyl sites for hydroxylation is 2. The molecule has 230 valence electrons. The average molecular weight is 591 g/mol. The van der Waals surface area contributed by atoms with Gasteiger partial charge in [0.1, 0.15) is 17.5 Å². The number of aromatic nitrogens is 1. The summed E-state index contributed by atoms with van der Waals surface area (Å²) >= 11 is 0. The van der Waals surface area contributed by atoms with Crippen molar-refractivity contribution in [2.75, 3.05) is 24.5 Å². The highest BCUT2D eigenvalue weighted by atomic mass is 19.4. The number of alkyl halides is 3. The number of ether oxygens (including phenoxy) is 2. The molecular formula is C31H41F3N4O4. The highest BCUT2D eigenvalue weighted by Crippen LogP contribution is 2.38. The van der Waals surface area contributed by atoms with E-state index < -0.39 is 35.6 Å². The molecule has 0 spiro atoms. The van der Waals surface area contributed by atoms with Crippen LogP contribution in [0.25, 0.3) is 0 Å². The molecule has 1 aromatic heterocycles. The van der Waals surface area contributed by atoms with Crippen LogP contribution in [-0.2, 0) is 22.2 Å². The fourth-order valence-corrected chi connectivity index (χ4v) is 5.75. The van der Waals surface area contributed by atoms with Gasteiger partial charge < -0.3 is 19.3 Å². The monoisotopic (exact) mass is 590 g/mol. The fraction of sp³-hybridized carbons (Fsp3) is 0.581. The van der Waals surface area contributed by atoms with Crippen LogP contribution in [0.15, 0.2) is 30.5 Å². The van der Waals surface area contributed by atoms with Crippen molar-refractivity contribution in [2.45, 2.75) is 97.8 Å². The van der Waals surface area contributed by atoms with Crippen LogP contribution in [0, 0.1) is 13.8 Å². The molecule has 2 fully saturated rings. The van der Waals surface area contributed by atoms with Gasteiger partial charge in [0, 0.05) is 37.4 Å². The highest BCUT2D eigenvalue weighted by Gasteiger charge is 2.42. The Morgan fingerprint density at radius 1 is 1.10 bits per heavy atom. The summed E-state index contributed by atoms with van der Waals surface area (Å²) in [5.74, 6) is 0.747. The third kappa shape index (κ3) is 7.10. The van der Waals surface area contributed by atoms with E-state index in [-0.39, 0.29) is 18.7 Å². The van der Waals surface area contributed by atoms with E-state index in [4.69, 9.17) is 14.5 Å². The van der Waals surface area contributed by atoms with Crippen molar-refractivity contribution < 1.29 is 32.2 Å². The second-order valence-electron chi connectivity index (χ2n) is 12.3. The van der Waals surface area contributed by atoms with Crippen LogP contribution >= 0.6 is 0 Å². The Labute approximate surface area is 245 Å². The lowest BCUT2D eigenvalue weighted by molar-refractivity contribution is -0.137. The number of likely N-dealkylation sites (tertiary alicyclic amines) is 1. The van der Waals surface area contributed by atoms with Gasteiger partial charge in [0.15, 0.2) is 0 Å². The quantitative estimate of drug-likeness (QED) is 0.360. The van der Waals surface area contributed by atoms with Crippen molar-refractivity contribution in [3.05, 3.63) is 58.3 Å². The maximum Gasteiger partial charge on any atom is 0.416 e. The summed E-state index contributed by atoms with van der Waals surface area (Å²) in [6.45, 7) is 14.9. The van der Waals surface area contributed by atoms with E-state index in [0.29, 0.717) is 30.8 Å². The summed E-state index contributed by atoms with van der Waals surface area (Å²) in [6.07, 6.45) is -2.96. The topological polar surface area (TPSA) is 75.2 Å². The second-order valence-corrected chi connectivity index (χ2v) is 12.3. The van der Waals surface area contributed by atoms with Crippen LogP contribution in [0.4, 0.5) is 28.6 Å². The van der Waals surface area contributed by atoms with Gasteiger partial charge in [0.2, 0.25) is 0 Å². The largest absolute Gasteiger partial charge is 0.444 e. The first-order chi connectivity index (χ1) is 19.6. The van der Waals surface area contributed by atoms with Crippen LogP contribution in [0.5, 0.6) is 0 Å². The normalized spacial score (nSPS) is 20.1. The van der Waals surface area contributed by atoms with Gasteiger partial charge >= 0.3 is 18.4 Å². The number of nitrogens with zero attached hydrogens (tertiary/aromatic N) is 4. The van der Waals surface area contributed by atoms with Crippen molar-refractivity contribution in [3.63, 3.8) is 0 Å². The number of anilines is 1. The predicted octanol–water partition coefficient (Wildman–Crippen LogP) is 7.03. The molecule has 2 aromatic rings. The molecule has 1 aromatic carbocycles. The molecule has 0 radical (unpaired) electrons. The molecule has 2 aliphatic rings. The van der Waals surface area contributed by atoms with Crippen LogP contribution < -0.4 is 4.90 Å². The zero-order valence-electron chi connectivity index (χ0n) is 25.4. The molecule has 0 saturated carbocycles. The maximum atomic E-state index is 13.5. The average Bonchev–Trinajstić information content (AvgIpc) is 3.17. The Bertz CT molecular complexity index is 1300. The summed E-state index contributed by atoms with van der Waals surface area (Å²) in [4.78, 5) is 35.9. The lowest BCUT2D eigenvalue weighted by atomic mass is 9.98. The number of halogens is 3. The van der Waals surface area contributed by atoms with Crippen molar-refractivity contribution >= 4 is 18.0 Å². The van der Waals surface area contributed by atoms with Gasteiger partial charge in [-0.2, -0.15) is 13.2 Å². The minimum absolute atomic E-state index is 0.131. The van der Waals surface area contributed by atoms with Crippen molar-refractivity contribution in [3.8, 4) is 0 Å². The third-order valence-corrected chi connectivity index (χ3v) is 7.74. The Hall–Kier alpha value is -3.50. The molecule has 0 N–H and O–H groups in total. The minimum atomic E-state index is -4.50. The van der Waals surface area contributed by atoms with E-state index >= 15 is 0 Å². The number of pyridine rings is 1. The van der Waals surface area contributed by atoms with Crippen molar-refractivity contribution in [1.29, 1.82) is 0 Å². The molecule has 0 unspecified atom stereocenters. The summed E-state index contributed by atoms with van der Waals surface area (Å²) in [5.41, 5.74) is 1.20. The summed E-state index contributed by atoms with van der Waals surface area (Å²) in [6, 6.07) is 5.41. The van der Waals surface area contributed by atoms with Crippen molar-refractivity contribution in [2.24, 2.45) is 0 Å². The van der Waals surface area contributed by atoms with Gasteiger partial charge in [-0.15, -0.1) is 0 Å². The number of rotatable bonds is 6. The Kier molecular flexibility index (Phi) is 8.99. The Balaban J connectivity index is 1.53. The Morgan fingerprint density at radius 2 is 1.76 bits per heavy atom. The number of amides is 2. The summed E-state index contributed by atoms with van der Waals surface area (Å²) < 4.78 is 51.6. The zero-order valence-corrected chi connectivity index (χ0v) is 25.4. The second kappa shape index (κ2) is 12.0. The van der Waals surface area contributed by atoms with E-state index in [1.165, 1.54) is 0 Å². The predicted molar refractivity (Wildman–Crippen MR) is 153 cm³/mol. The first kappa shape index (κ1) is 31.4. The number of piperidine rings is 1. The highest BCUT2D eigenvalue weighted by molar-refractivity contribution is 5.71. The molecule has 2 aliphatic heterocycles. The standard InChI is InChI=1S/C31H41F3N4O4/c1-8-37(25-9-11-36(12-10-25)28(39)42-30(5,6)7)27-23(14-20(3)17-35-27)18-38-21(4)26(41-29(38)40)22-13-19(2)15-24(16-22)31(32,33)34/h13-17,21,25-26H,8-12,18H2,1-7H3/t21-,26-/m0/s1. The van der Waals surface area contributed by atoms with Gasteiger partial charge in [-0.25, -0.2) is 14.6 Å². The molecule has 0 bridgehead atoms. The van der Waals surface area contributed by atoms with Gasteiger partial charge in [0.05, 0.1) is 18.2 Å². The lowest BCUT2D eigenvalue weighted by Gasteiger charge is -2.40. The molecule has 8 nitrogen and oxygen atoms in total. The molecule has 11 heteroatoms. The van der Waals surface area contributed by atoms with Crippen LogP contribution in [0.2, 0.25) is 0 Å². The van der Waals surface area contributed by atoms with Crippen LogP contribution in [0.3, 0.4) is 0 Å². The zero-order chi connectivity index (χ0) is 31.0. The van der Waals surface area contributed by atoms with E-state index in [2.05, 4.69) is 4.90 Å². The maximum absolute atomic E-state index is 13.5. The molecule has 42 heavy (non-hydrogen) atoms. The van der Waals surface area contributed by atoms with Crippen LogP contribution in [-0.4, -0.2) is 64.3 Å². The first-order valence-electron chi connectivity index (χ1n) is 14.4. The fourth-order valence-electron chi connectivity index (χ4n) is 5.75. The Morgan fingerprint density at radius 3 is 2.36 bits per heavy atom. The lowest BCUT2D eigenvalue weighted by Crippen LogP contribution is -2.48. The minimum Gasteiger partial charge on any atom is -0.444 e. The number of carbonyl (C=O) groups excluding carboxylic acids is 2. The number of cyclic esters (lactones) is 1. The van der Waals surface area contributed by atoms with E-state index in [1.807, 2.05) is 40.7 Å². The van der Waals surface area contributed by atoms with Gasteiger partial charge in [-0.05, 0) is 90.6 Å². The summed E-state index contributed by atoms with van der Waals surface area (Å²) in [7, 11) is 0. The molecule has 3 heterocycles. The number of hydrogen-bond donors (Lipinski definition) is 0. The van der Waals surface area contributed by atoms with Gasteiger partial charge in [-0.3, -0.25) is 4.90 Å². The molecular weight excluding hydrogens is 549 g/mol. The SMILES string of the molecule is CCN(c1ncc(C)cc1CN1C(=O)O[C@H](c2cc(C)cc(C(F)(F)F)c2)[C@@H]1C)C1CCN(C(=O)OC(C)(C)C)CC1. The molecule has 0 aliphatic carbocycles. The smallest absolute Gasteiger partial charge is 0.416 e. The number of benzene rings is 1. The van der Waals surface area contributed by atoms with E-state index in [1.54, 1.807) is 35.9 Å². The molecule has 4 rings (SSSR count). The third-order valence-electron chi connectivity index (χ3n) is 7.74. The first-order valence-corrected chi connectivity index (χ1v) is 14.4. The van der Waals surface area contributed by atoms with Gasteiger partial charge in [0.25, 0.3) is 0 Å². The summed E-state index contributed by atoms with van der Waals surface area (Å²) in [5, 5.41) is 0. The molecule has 2 amide bonds. The van der Waals surface area contributed by atoms with E-state index in [9.17, 15) is 22.8 Å². The number of carbonyl (C=O) groups is 2. The van der Waals surface area contributed by atoms with Gasteiger partial charge in [-0.1, -0.05) is 11.6 Å². The molecule has 2 atom stereocenters. The molecule has 2 saturated heterocycles. The van der Waals surface area contributed by atoms with Crippen LogP contribution in [0.1, 0.15) is 81.4 Å². The number of hydrogen-bond acceptors (Lipinski definition) is 6. The van der Waals surface area contributed by atoms with Crippen molar-refractivity contribution in [1.82, 2.24) is 14.8 Å². The van der Waals surface area contributed by atoms with E-state index in [0.717, 1.165) is 41.9 Å².